The number of para-hydroxylation sites is 1. The zero-order valence-corrected chi connectivity index (χ0v) is 14.0. The Morgan fingerprint density at radius 2 is 1.88 bits per heavy atom. The number of nitrogens with zero attached hydrogens (tertiary/aromatic N) is 3. The molecule has 1 aliphatic heterocycles. The van der Waals surface area contributed by atoms with Gasteiger partial charge in [0, 0.05) is 18.1 Å². The molecule has 0 atom stereocenters. The minimum atomic E-state index is -0.127. The maximum atomic E-state index is 12.1. The number of aromatic nitrogens is 2. The molecule has 122 valence electrons. The second kappa shape index (κ2) is 6.78. The van der Waals surface area contributed by atoms with Gasteiger partial charge in [0.15, 0.2) is 5.17 Å². The number of hydrogen-bond donors (Lipinski definition) is 1. The number of thioether (sulfide) groups is 1. The van der Waals surface area contributed by atoms with E-state index in [2.05, 4.69) is 15.3 Å². The monoisotopic (exact) mass is 346 g/mol. The first kappa shape index (κ1) is 15.4. The number of amidine groups is 1. The molecule has 2 heterocycles. The van der Waals surface area contributed by atoms with Crippen molar-refractivity contribution in [2.45, 2.75) is 0 Å². The van der Waals surface area contributed by atoms with E-state index in [-0.39, 0.29) is 5.91 Å². The number of amides is 1. The van der Waals surface area contributed by atoms with Crippen LogP contribution in [0, 0.1) is 0 Å². The van der Waals surface area contributed by atoms with Crippen LogP contribution in [0.3, 0.4) is 0 Å². The molecule has 0 spiro atoms. The molecule has 1 aliphatic rings. The maximum absolute atomic E-state index is 12.1. The fourth-order valence-electron chi connectivity index (χ4n) is 2.41. The number of hydrogen-bond acceptors (Lipinski definition) is 4. The lowest BCUT2D eigenvalue weighted by Crippen LogP contribution is -2.19. The van der Waals surface area contributed by atoms with Gasteiger partial charge in [0.25, 0.3) is 5.91 Å². The fourth-order valence-corrected chi connectivity index (χ4v) is 3.25. The summed E-state index contributed by atoms with van der Waals surface area (Å²) in [6, 6.07) is 17.5. The summed E-state index contributed by atoms with van der Waals surface area (Å²) in [5.41, 5.74) is 2.80. The highest BCUT2D eigenvalue weighted by Gasteiger charge is 2.23. The Hall–Kier alpha value is -3.12. The van der Waals surface area contributed by atoms with Crippen molar-refractivity contribution in [3.8, 4) is 5.69 Å². The van der Waals surface area contributed by atoms with Gasteiger partial charge in [-0.2, -0.15) is 0 Å². The zero-order chi connectivity index (χ0) is 17.1. The van der Waals surface area contributed by atoms with E-state index in [1.165, 1.54) is 11.8 Å². The quantitative estimate of drug-likeness (QED) is 0.735. The molecule has 1 fully saturated rings. The van der Waals surface area contributed by atoms with Crippen LogP contribution in [-0.4, -0.2) is 20.6 Å². The molecule has 1 amide bonds. The predicted molar refractivity (Wildman–Crippen MR) is 101 cm³/mol. The number of carbonyl (C=O) groups is 1. The Labute approximate surface area is 149 Å². The summed E-state index contributed by atoms with van der Waals surface area (Å²) in [5.74, 6) is -0.127. The van der Waals surface area contributed by atoms with Crippen molar-refractivity contribution in [2.75, 3.05) is 0 Å². The third kappa shape index (κ3) is 3.54. The van der Waals surface area contributed by atoms with Gasteiger partial charge in [0.05, 0.1) is 16.9 Å². The van der Waals surface area contributed by atoms with E-state index in [4.69, 9.17) is 0 Å². The third-order valence-electron chi connectivity index (χ3n) is 3.63. The number of rotatable bonds is 3. The molecule has 25 heavy (non-hydrogen) atoms. The van der Waals surface area contributed by atoms with Gasteiger partial charge in [-0.25, -0.2) is 9.98 Å². The smallest absolute Gasteiger partial charge is 0.264 e. The highest BCUT2D eigenvalue weighted by Crippen LogP contribution is 2.28. The normalized spacial score (nSPS) is 17.2. The second-order valence-electron chi connectivity index (χ2n) is 5.38. The van der Waals surface area contributed by atoms with Crippen LogP contribution in [0.1, 0.15) is 5.56 Å². The fraction of sp³-hybridized carbons (Fsp3) is 0. The topological polar surface area (TPSA) is 59.3 Å². The SMILES string of the molecule is O=C1NC(=Nc2ccccc2)SC1=Cc1ccc(-n2ccnc2)cc1. The molecule has 0 saturated carbocycles. The van der Waals surface area contributed by atoms with Crippen molar-refractivity contribution in [1.82, 2.24) is 14.9 Å². The van der Waals surface area contributed by atoms with E-state index >= 15 is 0 Å². The minimum absolute atomic E-state index is 0.127. The summed E-state index contributed by atoms with van der Waals surface area (Å²) >= 11 is 1.35. The van der Waals surface area contributed by atoms with Gasteiger partial charge >= 0.3 is 0 Å². The van der Waals surface area contributed by atoms with Gasteiger partial charge in [-0.1, -0.05) is 30.3 Å². The molecular weight excluding hydrogens is 332 g/mol. The summed E-state index contributed by atoms with van der Waals surface area (Å²) in [6.07, 6.45) is 7.24. The highest BCUT2D eigenvalue weighted by atomic mass is 32.2. The van der Waals surface area contributed by atoms with E-state index in [1.807, 2.05) is 71.4 Å². The average molecular weight is 346 g/mol. The molecule has 0 aliphatic carbocycles. The lowest BCUT2D eigenvalue weighted by atomic mass is 10.2. The Morgan fingerprint density at radius 3 is 2.60 bits per heavy atom. The molecule has 2 aromatic carbocycles. The van der Waals surface area contributed by atoms with Crippen LogP contribution in [0.5, 0.6) is 0 Å². The Bertz CT molecular complexity index is 945. The van der Waals surface area contributed by atoms with Crippen LogP contribution >= 0.6 is 11.8 Å². The first-order valence-electron chi connectivity index (χ1n) is 7.71. The van der Waals surface area contributed by atoms with Gasteiger partial charge in [-0.3, -0.25) is 4.79 Å². The van der Waals surface area contributed by atoms with Crippen LogP contribution in [0.4, 0.5) is 5.69 Å². The zero-order valence-electron chi connectivity index (χ0n) is 13.2. The molecule has 0 radical (unpaired) electrons. The number of imidazole rings is 1. The van der Waals surface area contributed by atoms with Gasteiger partial charge in [0.2, 0.25) is 0 Å². The number of aliphatic imine (C=N–C) groups is 1. The van der Waals surface area contributed by atoms with Gasteiger partial charge < -0.3 is 9.88 Å². The van der Waals surface area contributed by atoms with E-state index < -0.39 is 0 Å². The Balaban J connectivity index is 1.53. The van der Waals surface area contributed by atoms with Crippen LogP contribution < -0.4 is 5.32 Å². The van der Waals surface area contributed by atoms with Crippen LogP contribution in [-0.2, 0) is 4.79 Å². The van der Waals surface area contributed by atoms with Crippen molar-refractivity contribution in [3.63, 3.8) is 0 Å². The van der Waals surface area contributed by atoms with E-state index in [1.54, 1.807) is 12.5 Å². The number of nitrogens with one attached hydrogen (secondary N) is 1. The number of benzene rings is 2. The average Bonchev–Trinajstić information content (AvgIpc) is 3.27. The highest BCUT2D eigenvalue weighted by molar-refractivity contribution is 8.18. The van der Waals surface area contributed by atoms with E-state index in [0.29, 0.717) is 10.1 Å². The van der Waals surface area contributed by atoms with E-state index in [0.717, 1.165) is 16.9 Å². The number of carbonyl (C=O) groups excluding carboxylic acids is 1. The van der Waals surface area contributed by atoms with Gasteiger partial charge in [0.1, 0.15) is 0 Å². The molecule has 0 unspecified atom stereocenters. The summed E-state index contributed by atoms with van der Waals surface area (Å²) in [7, 11) is 0. The molecule has 1 saturated heterocycles. The van der Waals surface area contributed by atoms with Crippen molar-refractivity contribution >= 4 is 34.6 Å². The van der Waals surface area contributed by atoms with Crippen molar-refractivity contribution in [3.05, 3.63) is 83.8 Å². The van der Waals surface area contributed by atoms with Crippen molar-refractivity contribution in [1.29, 1.82) is 0 Å². The minimum Gasteiger partial charge on any atom is -0.306 e. The van der Waals surface area contributed by atoms with Gasteiger partial charge in [-0.15, -0.1) is 0 Å². The molecular formula is C19H14N4OS. The lowest BCUT2D eigenvalue weighted by Gasteiger charge is -2.02. The first-order chi connectivity index (χ1) is 12.3. The first-order valence-corrected chi connectivity index (χ1v) is 8.53. The van der Waals surface area contributed by atoms with Crippen LogP contribution in [0.25, 0.3) is 11.8 Å². The van der Waals surface area contributed by atoms with Crippen LogP contribution in [0.15, 0.2) is 83.2 Å². The second-order valence-corrected chi connectivity index (χ2v) is 6.41. The molecule has 1 aromatic heterocycles. The Morgan fingerprint density at radius 1 is 1.08 bits per heavy atom. The van der Waals surface area contributed by atoms with Crippen molar-refractivity contribution in [2.24, 2.45) is 4.99 Å². The Kier molecular flexibility index (Phi) is 4.18. The molecule has 3 aromatic rings. The maximum Gasteiger partial charge on any atom is 0.264 e. The molecule has 0 bridgehead atoms. The molecule has 4 rings (SSSR count). The third-order valence-corrected chi connectivity index (χ3v) is 4.54. The van der Waals surface area contributed by atoms with E-state index in [9.17, 15) is 4.79 Å². The van der Waals surface area contributed by atoms with Gasteiger partial charge in [-0.05, 0) is 47.7 Å². The van der Waals surface area contributed by atoms with Crippen LogP contribution in [0.2, 0.25) is 0 Å². The van der Waals surface area contributed by atoms with Crippen molar-refractivity contribution < 1.29 is 4.79 Å². The lowest BCUT2D eigenvalue weighted by molar-refractivity contribution is -0.115. The molecule has 5 nitrogen and oxygen atoms in total. The summed E-state index contributed by atoms with van der Waals surface area (Å²) in [4.78, 5) is 21.3. The largest absolute Gasteiger partial charge is 0.306 e. The standard InChI is InChI=1S/C19H14N4OS/c24-18-17(25-19(22-18)21-15-4-2-1-3-5-15)12-14-6-8-16(9-7-14)23-11-10-20-13-23/h1-13H,(H,21,22,24). The summed E-state index contributed by atoms with van der Waals surface area (Å²) in [5, 5.41) is 3.39. The molecule has 6 heteroatoms. The molecule has 1 N–H and O–H groups in total. The predicted octanol–water partition coefficient (Wildman–Crippen LogP) is 3.76. The summed E-state index contributed by atoms with van der Waals surface area (Å²) in [6.45, 7) is 0. The summed E-state index contributed by atoms with van der Waals surface area (Å²) < 4.78 is 1.93.